The Bertz CT molecular complexity index is 572. The summed E-state index contributed by atoms with van der Waals surface area (Å²) < 4.78 is 12.9. The number of aliphatic carboxylic acids is 1. The lowest BCUT2D eigenvalue weighted by molar-refractivity contribution is -0.141. The largest absolute Gasteiger partial charge is 0.480 e. The molecule has 21 heavy (non-hydrogen) atoms. The highest BCUT2D eigenvalue weighted by Crippen LogP contribution is 2.05. The Morgan fingerprint density at radius 2 is 2.10 bits per heavy atom. The van der Waals surface area contributed by atoms with Gasteiger partial charge in [0, 0.05) is 12.5 Å². The van der Waals surface area contributed by atoms with E-state index in [4.69, 9.17) is 10.8 Å². The Morgan fingerprint density at radius 3 is 2.67 bits per heavy atom. The normalized spacial score (nSPS) is 12.0. The highest BCUT2D eigenvalue weighted by atomic mass is 19.1. The third-order valence-electron chi connectivity index (χ3n) is 2.57. The first-order valence-corrected chi connectivity index (χ1v) is 6.13. The predicted octanol–water partition coefficient (Wildman–Crippen LogP) is 0.674. The van der Waals surface area contributed by atoms with Crippen LogP contribution in [0.25, 0.3) is 6.08 Å². The van der Waals surface area contributed by atoms with Crippen molar-refractivity contribution >= 4 is 23.9 Å². The van der Waals surface area contributed by atoms with Crippen LogP contribution in [0.5, 0.6) is 0 Å². The molecule has 0 aliphatic rings. The summed E-state index contributed by atoms with van der Waals surface area (Å²) in [6.07, 6.45) is 2.20. The van der Waals surface area contributed by atoms with Crippen LogP contribution in [0.2, 0.25) is 0 Å². The van der Waals surface area contributed by atoms with Gasteiger partial charge in [-0.3, -0.25) is 9.59 Å². The molecule has 1 unspecified atom stereocenters. The Morgan fingerprint density at radius 1 is 1.38 bits per heavy atom. The Hall–Kier alpha value is -2.70. The van der Waals surface area contributed by atoms with Gasteiger partial charge < -0.3 is 16.2 Å². The van der Waals surface area contributed by atoms with Gasteiger partial charge in [-0.2, -0.15) is 0 Å². The number of carbonyl (C=O) groups is 3. The van der Waals surface area contributed by atoms with Crippen LogP contribution >= 0.6 is 0 Å². The molecule has 2 amide bonds. The Kier molecular flexibility index (Phi) is 6.06. The van der Waals surface area contributed by atoms with Crippen molar-refractivity contribution in [3.05, 3.63) is 41.7 Å². The van der Waals surface area contributed by atoms with E-state index < -0.39 is 29.6 Å². The summed E-state index contributed by atoms with van der Waals surface area (Å²) in [5.41, 5.74) is 5.39. The second-order valence-corrected chi connectivity index (χ2v) is 4.29. The quantitative estimate of drug-likeness (QED) is 0.642. The first-order chi connectivity index (χ1) is 9.88. The molecule has 0 spiro atoms. The molecule has 112 valence electrons. The third kappa shape index (κ3) is 6.33. The summed E-state index contributed by atoms with van der Waals surface area (Å²) in [6.45, 7) is 0. The van der Waals surface area contributed by atoms with Crippen molar-refractivity contribution in [1.82, 2.24) is 5.32 Å². The van der Waals surface area contributed by atoms with Gasteiger partial charge in [0.25, 0.3) is 0 Å². The molecular formula is C14H15FN2O4. The average molecular weight is 294 g/mol. The van der Waals surface area contributed by atoms with Gasteiger partial charge in [0.1, 0.15) is 11.9 Å². The summed E-state index contributed by atoms with van der Waals surface area (Å²) >= 11 is 0. The minimum absolute atomic E-state index is 0.0930. The smallest absolute Gasteiger partial charge is 0.326 e. The van der Waals surface area contributed by atoms with Crippen LogP contribution in [0.1, 0.15) is 18.4 Å². The molecule has 0 bridgehead atoms. The second-order valence-electron chi connectivity index (χ2n) is 4.29. The number of primary amides is 1. The molecular weight excluding hydrogens is 279 g/mol. The van der Waals surface area contributed by atoms with Crippen LogP contribution in [0.15, 0.2) is 30.3 Å². The van der Waals surface area contributed by atoms with Gasteiger partial charge in [0.05, 0.1) is 0 Å². The van der Waals surface area contributed by atoms with Crippen molar-refractivity contribution in [3.63, 3.8) is 0 Å². The van der Waals surface area contributed by atoms with Crippen molar-refractivity contribution in [2.45, 2.75) is 18.9 Å². The lowest BCUT2D eigenvalue weighted by Crippen LogP contribution is -2.40. The molecule has 1 atom stereocenters. The number of amides is 2. The molecule has 0 fully saturated rings. The molecule has 0 radical (unpaired) electrons. The second kappa shape index (κ2) is 7.78. The fraction of sp³-hybridized carbons (Fsp3) is 0.214. The maximum atomic E-state index is 12.9. The van der Waals surface area contributed by atoms with Crippen molar-refractivity contribution in [2.24, 2.45) is 5.73 Å². The summed E-state index contributed by atoms with van der Waals surface area (Å²) in [5, 5.41) is 11.1. The predicted molar refractivity (Wildman–Crippen MR) is 73.4 cm³/mol. The Labute approximate surface area is 120 Å². The highest BCUT2D eigenvalue weighted by molar-refractivity contribution is 5.94. The van der Waals surface area contributed by atoms with Crippen LogP contribution in [0, 0.1) is 5.82 Å². The van der Waals surface area contributed by atoms with Gasteiger partial charge >= 0.3 is 5.97 Å². The van der Waals surface area contributed by atoms with Gasteiger partial charge in [-0.15, -0.1) is 0 Å². The van der Waals surface area contributed by atoms with E-state index in [2.05, 4.69) is 5.32 Å². The summed E-state index contributed by atoms with van der Waals surface area (Å²) in [4.78, 5) is 33.1. The number of carboxylic acids is 1. The lowest BCUT2D eigenvalue weighted by atomic mass is 10.1. The first-order valence-electron chi connectivity index (χ1n) is 6.13. The van der Waals surface area contributed by atoms with Crippen molar-refractivity contribution in [2.75, 3.05) is 0 Å². The molecule has 1 aromatic rings. The summed E-state index contributed by atoms with van der Waals surface area (Å²) in [5.74, 6) is -3.01. The summed E-state index contributed by atoms with van der Waals surface area (Å²) in [7, 11) is 0. The summed E-state index contributed by atoms with van der Waals surface area (Å²) in [6, 6.07) is 4.36. The average Bonchev–Trinajstić information content (AvgIpc) is 2.40. The van der Waals surface area contributed by atoms with Crippen molar-refractivity contribution in [3.8, 4) is 0 Å². The minimum Gasteiger partial charge on any atom is -0.480 e. The molecule has 6 nitrogen and oxygen atoms in total. The molecule has 1 aromatic carbocycles. The van der Waals surface area contributed by atoms with E-state index in [0.29, 0.717) is 5.56 Å². The zero-order valence-corrected chi connectivity index (χ0v) is 11.1. The van der Waals surface area contributed by atoms with Crippen LogP contribution in [-0.4, -0.2) is 28.9 Å². The highest BCUT2D eigenvalue weighted by Gasteiger charge is 2.19. The number of halogens is 1. The van der Waals surface area contributed by atoms with E-state index in [1.54, 1.807) is 6.07 Å². The van der Waals surface area contributed by atoms with Gasteiger partial charge in [0.2, 0.25) is 11.8 Å². The van der Waals surface area contributed by atoms with Crippen molar-refractivity contribution < 1.29 is 23.9 Å². The lowest BCUT2D eigenvalue weighted by Gasteiger charge is -2.11. The van der Waals surface area contributed by atoms with Crippen LogP contribution < -0.4 is 11.1 Å². The number of hydrogen-bond donors (Lipinski definition) is 3. The molecule has 0 heterocycles. The van der Waals surface area contributed by atoms with E-state index in [1.807, 2.05) is 0 Å². The first kappa shape index (κ1) is 16.4. The van der Waals surface area contributed by atoms with E-state index in [-0.39, 0.29) is 12.8 Å². The van der Waals surface area contributed by atoms with Gasteiger partial charge in [-0.05, 0) is 30.2 Å². The van der Waals surface area contributed by atoms with Crippen LogP contribution in [-0.2, 0) is 14.4 Å². The Balaban J connectivity index is 2.61. The maximum absolute atomic E-state index is 12.9. The van der Waals surface area contributed by atoms with Crippen molar-refractivity contribution in [1.29, 1.82) is 0 Å². The van der Waals surface area contributed by atoms with Crippen LogP contribution in [0.4, 0.5) is 4.39 Å². The molecule has 0 aromatic heterocycles. The van der Waals surface area contributed by atoms with E-state index in [9.17, 15) is 18.8 Å². The number of hydrogen-bond acceptors (Lipinski definition) is 3. The number of rotatable bonds is 7. The van der Waals surface area contributed by atoms with E-state index >= 15 is 0 Å². The maximum Gasteiger partial charge on any atom is 0.326 e. The zero-order chi connectivity index (χ0) is 15.8. The number of carbonyl (C=O) groups excluding carboxylic acids is 2. The monoisotopic (exact) mass is 294 g/mol. The fourth-order valence-corrected chi connectivity index (χ4v) is 1.55. The standard InChI is InChI=1S/C14H15FN2O4/c15-10-3-1-2-9(8-10)4-7-13(19)17-11(14(20)21)5-6-12(16)18/h1-4,7-8,11H,5-6H2,(H2,16,18)(H,17,19)(H,20,21)/b7-4+. The zero-order valence-electron chi connectivity index (χ0n) is 11.1. The topological polar surface area (TPSA) is 109 Å². The third-order valence-corrected chi connectivity index (χ3v) is 2.57. The minimum atomic E-state index is -1.26. The SMILES string of the molecule is NC(=O)CCC(NC(=O)/C=C/c1cccc(F)c1)C(=O)O. The van der Waals surface area contributed by atoms with E-state index in [1.165, 1.54) is 24.3 Å². The molecule has 0 aliphatic carbocycles. The molecule has 7 heteroatoms. The number of benzene rings is 1. The van der Waals surface area contributed by atoms with Gasteiger partial charge in [0.15, 0.2) is 0 Å². The molecule has 0 saturated heterocycles. The number of carboxylic acid groups (broad SMARTS) is 1. The van der Waals surface area contributed by atoms with Gasteiger partial charge in [-0.1, -0.05) is 12.1 Å². The van der Waals surface area contributed by atoms with E-state index in [0.717, 1.165) is 6.08 Å². The van der Waals surface area contributed by atoms with Gasteiger partial charge in [-0.25, -0.2) is 9.18 Å². The number of nitrogens with two attached hydrogens (primary N) is 1. The fourth-order valence-electron chi connectivity index (χ4n) is 1.55. The molecule has 4 N–H and O–H groups in total. The molecule has 0 saturated carbocycles. The molecule has 1 rings (SSSR count). The van der Waals surface area contributed by atoms with Crippen LogP contribution in [0.3, 0.4) is 0 Å². The molecule has 0 aliphatic heterocycles. The number of nitrogens with one attached hydrogen (secondary N) is 1.